The zero-order valence-corrected chi connectivity index (χ0v) is 13.9. The van der Waals surface area contributed by atoms with E-state index in [1.54, 1.807) is 13.8 Å². The Kier molecular flexibility index (Phi) is 7.54. The SMILES string of the molecule is CCC[C@@H](C(=O)OCC)/C(C)=N/NC(=O)c1ccccc1[N+](=O)[O-]. The number of rotatable bonds is 8. The first-order valence-corrected chi connectivity index (χ1v) is 7.66. The lowest BCUT2D eigenvalue weighted by atomic mass is 9.99. The summed E-state index contributed by atoms with van der Waals surface area (Å²) < 4.78 is 5.00. The second kappa shape index (κ2) is 9.39. The molecule has 0 saturated heterocycles. The molecule has 1 amide bonds. The van der Waals surface area contributed by atoms with Crippen molar-refractivity contribution >= 4 is 23.3 Å². The third kappa shape index (κ3) is 5.15. The first kappa shape index (κ1) is 19.3. The molecule has 0 bridgehead atoms. The summed E-state index contributed by atoms with van der Waals surface area (Å²) in [7, 11) is 0. The summed E-state index contributed by atoms with van der Waals surface area (Å²) in [5.74, 6) is -1.66. The van der Waals surface area contributed by atoms with E-state index >= 15 is 0 Å². The molecule has 1 aromatic carbocycles. The number of nitrogens with zero attached hydrogens (tertiary/aromatic N) is 2. The van der Waals surface area contributed by atoms with Crippen LogP contribution in [0.15, 0.2) is 29.4 Å². The van der Waals surface area contributed by atoms with Gasteiger partial charge in [0.1, 0.15) is 5.56 Å². The largest absolute Gasteiger partial charge is 0.465 e. The van der Waals surface area contributed by atoms with Crippen molar-refractivity contribution in [3.63, 3.8) is 0 Å². The molecule has 0 aliphatic rings. The molecular formula is C16H21N3O5. The molecule has 0 aliphatic carbocycles. The highest BCUT2D eigenvalue weighted by atomic mass is 16.6. The predicted molar refractivity (Wildman–Crippen MR) is 88.7 cm³/mol. The van der Waals surface area contributed by atoms with E-state index in [4.69, 9.17) is 4.74 Å². The second-order valence-electron chi connectivity index (χ2n) is 5.06. The maximum atomic E-state index is 12.1. The zero-order chi connectivity index (χ0) is 18.1. The molecule has 0 aliphatic heterocycles. The van der Waals surface area contributed by atoms with Gasteiger partial charge in [-0.05, 0) is 26.3 Å². The number of nitro groups is 1. The van der Waals surface area contributed by atoms with Gasteiger partial charge in [-0.25, -0.2) is 5.43 Å². The Bertz CT molecular complexity index is 642. The summed E-state index contributed by atoms with van der Waals surface area (Å²) in [5.41, 5.74) is 2.26. The van der Waals surface area contributed by atoms with Gasteiger partial charge in [-0.1, -0.05) is 25.5 Å². The van der Waals surface area contributed by atoms with E-state index in [0.717, 1.165) is 6.42 Å². The van der Waals surface area contributed by atoms with Crippen molar-refractivity contribution in [3.05, 3.63) is 39.9 Å². The number of benzene rings is 1. The van der Waals surface area contributed by atoms with Crippen molar-refractivity contribution in [3.8, 4) is 0 Å². The van der Waals surface area contributed by atoms with E-state index < -0.39 is 22.7 Å². The molecule has 1 rings (SSSR count). The topological polar surface area (TPSA) is 111 Å². The van der Waals surface area contributed by atoms with Crippen LogP contribution >= 0.6 is 0 Å². The van der Waals surface area contributed by atoms with Crippen LogP contribution in [-0.4, -0.2) is 29.1 Å². The summed E-state index contributed by atoms with van der Waals surface area (Å²) >= 11 is 0. The predicted octanol–water partition coefficient (Wildman–Crippen LogP) is 2.68. The number of amides is 1. The number of hydrazone groups is 1. The molecule has 0 fully saturated rings. The van der Waals surface area contributed by atoms with Gasteiger partial charge >= 0.3 is 5.97 Å². The number of nitrogens with one attached hydrogen (secondary N) is 1. The minimum atomic E-state index is -0.708. The van der Waals surface area contributed by atoms with Gasteiger partial charge in [-0.3, -0.25) is 19.7 Å². The van der Waals surface area contributed by atoms with Gasteiger partial charge in [0.05, 0.1) is 17.4 Å². The van der Waals surface area contributed by atoms with Crippen LogP contribution in [0.4, 0.5) is 5.69 Å². The quantitative estimate of drug-likeness (QED) is 0.340. The molecule has 1 aromatic rings. The summed E-state index contributed by atoms with van der Waals surface area (Å²) in [6, 6.07) is 5.58. The van der Waals surface area contributed by atoms with Crippen molar-refractivity contribution in [1.82, 2.24) is 5.43 Å². The summed E-state index contributed by atoms with van der Waals surface area (Å²) in [5, 5.41) is 14.9. The van der Waals surface area contributed by atoms with Gasteiger partial charge in [0.25, 0.3) is 11.6 Å². The lowest BCUT2D eigenvalue weighted by molar-refractivity contribution is -0.385. The Hall–Kier alpha value is -2.77. The van der Waals surface area contributed by atoms with Crippen LogP contribution in [0, 0.1) is 16.0 Å². The standard InChI is InChI=1S/C16H21N3O5/c1-4-8-12(16(21)24-5-2)11(3)17-18-15(20)13-9-6-7-10-14(13)19(22)23/h6-7,9-10,12H,4-5,8H2,1-3H3,(H,18,20)/b17-11+/t12-/m1/s1. The number of carbonyl (C=O) groups is 2. The molecule has 1 atom stereocenters. The maximum absolute atomic E-state index is 12.1. The summed E-state index contributed by atoms with van der Waals surface area (Å²) in [6.45, 7) is 5.50. The molecule has 8 nitrogen and oxygen atoms in total. The van der Waals surface area contributed by atoms with Crippen molar-refractivity contribution in [2.45, 2.75) is 33.6 Å². The van der Waals surface area contributed by atoms with Crippen LogP contribution in [0.5, 0.6) is 0 Å². The number of carbonyl (C=O) groups excluding carboxylic acids is 2. The van der Waals surface area contributed by atoms with Crippen LogP contribution in [0.25, 0.3) is 0 Å². The van der Waals surface area contributed by atoms with Gasteiger partial charge < -0.3 is 4.74 Å². The number of esters is 1. The average molecular weight is 335 g/mol. The maximum Gasteiger partial charge on any atom is 0.314 e. The Morgan fingerprint density at radius 1 is 1.33 bits per heavy atom. The Morgan fingerprint density at radius 2 is 2.00 bits per heavy atom. The molecular weight excluding hydrogens is 314 g/mol. The van der Waals surface area contributed by atoms with Crippen molar-refractivity contribution in [2.24, 2.45) is 11.0 Å². The molecule has 0 unspecified atom stereocenters. The van der Waals surface area contributed by atoms with E-state index in [1.807, 2.05) is 6.92 Å². The molecule has 0 radical (unpaired) electrons. The monoisotopic (exact) mass is 335 g/mol. The van der Waals surface area contributed by atoms with Gasteiger partial charge in [0.2, 0.25) is 0 Å². The van der Waals surface area contributed by atoms with Crippen LogP contribution in [0.3, 0.4) is 0 Å². The lowest BCUT2D eigenvalue weighted by Gasteiger charge is -2.14. The minimum Gasteiger partial charge on any atom is -0.465 e. The second-order valence-corrected chi connectivity index (χ2v) is 5.06. The van der Waals surface area contributed by atoms with Gasteiger partial charge in [-0.2, -0.15) is 5.10 Å². The first-order valence-electron chi connectivity index (χ1n) is 7.66. The zero-order valence-electron chi connectivity index (χ0n) is 13.9. The van der Waals surface area contributed by atoms with E-state index in [9.17, 15) is 19.7 Å². The summed E-state index contributed by atoms with van der Waals surface area (Å²) in [6.07, 6.45) is 1.28. The highest BCUT2D eigenvalue weighted by Crippen LogP contribution is 2.17. The molecule has 1 N–H and O–H groups in total. The van der Waals surface area contributed by atoms with Gasteiger partial charge in [0.15, 0.2) is 0 Å². The number of para-hydroxylation sites is 1. The number of ether oxygens (including phenoxy) is 1. The smallest absolute Gasteiger partial charge is 0.314 e. The molecule has 8 heteroatoms. The van der Waals surface area contributed by atoms with Crippen LogP contribution in [0.1, 0.15) is 44.0 Å². The van der Waals surface area contributed by atoms with E-state index in [-0.39, 0.29) is 17.9 Å². The fourth-order valence-corrected chi connectivity index (χ4v) is 2.13. The molecule has 0 aromatic heterocycles. The fourth-order valence-electron chi connectivity index (χ4n) is 2.13. The molecule has 0 saturated carbocycles. The van der Waals surface area contributed by atoms with Gasteiger partial charge in [-0.15, -0.1) is 0 Å². The van der Waals surface area contributed by atoms with E-state index in [1.165, 1.54) is 24.3 Å². The average Bonchev–Trinajstić information content (AvgIpc) is 2.57. The molecule has 24 heavy (non-hydrogen) atoms. The molecule has 0 heterocycles. The highest BCUT2D eigenvalue weighted by molar-refractivity contribution is 6.03. The fraction of sp³-hybridized carbons (Fsp3) is 0.438. The van der Waals surface area contributed by atoms with Crippen LogP contribution < -0.4 is 5.43 Å². The number of hydrogen-bond donors (Lipinski definition) is 1. The lowest BCUT2D eigenvalue weighted by Crippen LogP contribution is -2.28. The highest BCUT2D eigenvalue weighted by Gasteiger charge is 2.23. The third-order valence-electron chi connectivity index (χ3n) is 3.33. The van der Waals surface area contributed by atoms with Gasteiger partial charge in [0, 0.05) is 11.8 Å². The van der Waals surface area contributed by atoms with Crippen LogP contribution in [-0.2, 0) is 9.53 Å². The molecule has 130 valence electrons. The Balaban J connectivity index is 2.91. The third-order valence-corrected chi connectivity index (χ3v) is 3.33. The van der Waals surface area contributed by atoms with Crippen molar-refractivity contribution in [1.29, 1.82) is 0 Å². The Labute approximate surface area is 140 Å². The first-order chi connectivity index (χ1) is 11.4. The summed E-state index contributed by atoms with van der Waals surface area (Å²) in [4.78, 5) is 34.4. The minimum absolute atomic E-state index is 0.0952. The van der Waals surface area contributed by atoms with Crippen molar-refractivity contribution < 1.29 is 19.2 Å². The van der Waals surface area contributed by atoms with Crippen LogP contribution in [0.2, 0.25) is 0 Å². The number of hydrogen-bond acceptors (Lipinski definition) is 6. The normalized spacial score (nSPS) is 12.4. The Morgan fingerprint density at radius 3 is 2.58 bits per heavy atom. The van der Waals surface area contributed by atoms with Crippen molar-refractivity contribution in [2.75, 3.05) is 6.61 Å². The number of nitro benzene ring substituents is 1. The molecule has 0 spiro atoms. The van der Waals surface area contributed by atoms with E-state index in [0.29, 0.717) is 12.1 Å². The van der Waals surface area contributed by atoms with E-state index in [2.05, 4.69) is 10.5 Å².